The second-order valence-corrected chi connectivity index (χ2v) is 6.58. The Labute approximate surface area is 150 Å². The Hall–Kier alpha value is -2.85. The third-order valence-corrected chi connectivity index (χ3v) is 4.74. The van der Waals surface area contributed by atoms with E-state index in [0.717, 1.165) is 28.2 Å². The highest BCUT2D eigenvalue weighted by atomic mass is 32.1. The van der Waals surface area contributed by atoms with E-state index in [9.17, 15) is 5.26 Å². The first-order chi connectivity index (χ1) is 12.2. The average molecular weight is 350 g/mol. The zero-order chi connectivity index (χ0) is 17.6. The maximum atomic E-state index is 9.61. The summed E-state index contributed by atoms with van der Waals surface area (Å²) in [7, 11) is 0. The zero-order valence-corrected chi connectivity index (χ0v) is 14.9. The second-order valence-electron chi connectivity index (χ2n) is 5.69. The zero-order valence-electron chi connectivity index (χ0n) is 14.1. The lowest BCUT2D eigenvalue weighted by molar-refractivity contribution is 0.893. The van der Waals surface area contributed by atoms with Crippen LogP contribution in [0.15, 0.2) is 36.1 Å². The first-order valence-corrected chi connectivity index (χ1v) is 8.83. The summed E-state index contributed by atoms with van der Waals surface area (Å²) in [5, 5.41) is 15.5. The van der Waals surface area contributed by atoms with Crippen LogP contribution in [0.1, 0.15) is 33.4 Å². The van der Waals surface area contributed by atoms with Crippen LogP contribution in [-0.2, 0) is 6.42 Å². The van der Waals surface area contributed by atoms with Gasteiger partial charge in [-0.1, -0.05) is 6.07 Å². The van der Waals surface area contributed by atoms with Gasteiger partial charge in [0.25, 0.3) is 0 Å². The molecular weight excluding hydrogens is 332 g/mol. The number of thiazole rings is 1. The lowest BCUT2D eigenvalue weighted by Gasteiger charge is -2.11. The van der Waals surface area contributed by atoms with Crippen LogP contribution < -0.4 is 5.32 Å². The Morgan fingerprint density at radius 3 is 2.84 bits per heavy atom. The predicted octanol–water partition coefficient (Wildman–Crippen LogP) is 3.26. The molecule has 0 aliphatic heterocycles. The highest BCUT2D eigenvalue weighted by Gasteiger charge is 2.21. The van der Waals surface area contributed by atoms with E-state index in [-0.39, 0.29) is 0 Å². The Bertz CT molecular complexity index is 884. The van der Waals surface area contributed by atoms with Crippen molar-refractivity contribution < 1.29 is 0 Å². The lowest BCUT2D eigenvalue weighted by atomic mass is 10.0. The summed E-state index contributed by atoms with van der Waals surface area (Å²) in [6.45, 7) is 4.54. The van der Waals surface area contributed by atoms with Crippen molar-refractivity contribution in [1.82, 2.24) is 19.9 Å². The molecule has 6 nitrogen and oxygen atoms in total. The number of nitrogens with zero attached hydrogens (tertiary/aromatic N) is 5. The molecule has 0 amide bonds. The number of aryl methyl sites for hydroxylation is 2. The summed E-state index contributed by atoms with van der Waals surface area (Å²) < 4.78 is 0. The van der Waals surface area contributed by atoms with Crippen molar-refractivity contribution in [2.75, 3.05) is 11.9 Å². The summed E-state index contributed by atoms with van der Waals surface area (Å²) in [5.41, 5.74) is 3.66. The van der Waals surface area contributed by atoms with Crippen LogP contribution in [0.2, 0.25) is 0 Å². The largest absolute Gasteiger partial charge is 0.354 e. The summed E-state index contributed by atoms with van der Waals surface area (Å²) >= 11 is 1.49. The molecule has 3 rings (SSSR count). The highest BCUT2D eigenvalue weighted by Crippen LogP contribution is 2.28. The molecule has 25 heavy (non-hydrogen) atoms. The Morgan fingerprint density at radius 1 is 1.28 bits per heavy atom. The van der Waals surface area contributed by atoms with Gasteiger partial charge in [-0.25, -0.2) is 15.0 Å². The predicted molar refractivity (Wildman–Crippen MR) is 97.5 cm³/mol. The molecule has 7 heteroatoms. The van der Waals surface area contributed by atoms with Gasteiger partial charge in [-0.05, 0) is 37.5 Å². The molecule has 0 aliphatic carbocycles. The molecular formula is C18H18N6S. The van der Waals surface area contributed by atoms with Crippen molar-refractivity contribution in [3.8, 4) is 6.07 Å². The molecule has 1 N–H and O–H groups in total. The van der Waals surface area contributed by atoms with Crippen LogP contribution in [0.25, 0.3) is 0 Å². The van der Waals surface area contributed by atoms with Gasteiger partial charge in [-0.2, -0.15) is 5.26 Å². The van der Waals surface area contributed by atoms with Gasteiger partial charge in [0.1, 0.15) is 10.9 Å². The van der Waals surface area contributed by atoms with Crippen LogP contribution in [-0.4, -0.2) is 26.5 Å². The number of aromatic nitrogens is 4. The summed E-state index contributed by atoms with van der Waals surface area (Å²) in [6, 6.07) is 6.27. The fraction of sp³-hybridized carbons (Fsp3) is 0.278. The van der Waals surface area contributed by atoms with Gasteiger partial charge in [0.15, 0.2) is 0 Å². The van der Waals surface area contributed by atoms with E-state index in [0.29, 0.717) is 18.2 Å². The molecule has 0 aromatic carbocycles. The van der Waals surface area contributed by atoms with Gasteiger partial charge >= 0.3 is 0 Å². The van der Waals surface area contributed by atoms with E-state index in [1.165, 1.54) is 11.3 Å². The normalized spacial score (nSPS) is 11.7. The standard InChI is InChI=1S/C18H18N6S/c1-12-9-22-18(21-7-5-14-4-3-6-20-10-14)24-16(12)15(8-19)17-23-13(2)11-25-17/h3-4,6,9-11,15H,5,7H2,1-2H3,(H,21,22,24). The number of nitrogens with one attached hydrogen (secondary N) is 1. The molecule has 0 aliphatic rings. The molecule has 1 unspecified atom stereocenters. The summed E-state index contributed by atoms with van der Waals surface area (Å²) in [4.78, 5) is 17.4. The minimum Gasteiger partial charge on any atom is -0.354 e. The number of nitriles is 1. The topological polar surface area (TPSA) is 87.4 Å². The number of rotatable bonds is 6. The average Bonchev–Trinajstić information content (AvgIpc) is 3.05. The van der Waals surface area contributed by atoms with Crippen molar-refractivity contribution in [2.24, 2.45) is 0 Å². The third-order valence-electron chi connectivity index (χ3n) is 3.72. The maximum absolute atomic E-state index is 9.61. The van der Waals surface area contributed by atoms with Crippen molar-refractivity contribution >= 4 is 17.3 Å². The van der Waals surface area contributed by atoms with E-state index in [2.05, 4.69) is 31.3 Å². The smallest absolute Gasteiger partial charge is 0.222 e. The molecule has 0 fully saturated rings. The molecule has 3 aromatic heterocycles. The second kappa shape index (κ2) is 7.81. The van der Waals surface area contributed by atoms with Crippen molar-refractivity contribution in [3.63, 3.8) is 0 Å². The van der Waals surface area contributed by atoms with Gasteiger partial charge in [-0.15, -0.1) is 11.3 Å². The first-order valence-electron chi connectivity index (χ1n) is 7.95. The Kier molecular flexibility index (Phi) is 5.31. The lowest BCUT2D eigenvalue weighted by Crippen LogP contribution is -2.11. The van der Waals surface area contributed by atoms with E-state index in [4.69, 9.17) is 0 Å². The van der Waals surface area contributed by atoms with E-state index in [1.54, 1.807) is 12.4 Å². The summed E-state index contributed by atoms with van der Waals surface area (Å²) in [5.74, 6) is 0.0543. The Morgan fingerprint density at radius 2 is 2.16 bits per heavy atom. The van der Waals surface area contributed by atoms with Crippen LogP contribution in [0.4, 0.5) is 5.95 Å². The van der Waals surface area contributed by atoms with Crippen molar-refractivity contribution in [3.05, 3.63) is 63.6 Å². The fourth-order valence-corrected chi connectivity index (χ4v) is 3.28. The van der Waals surface area contributed by atoms with Crippen molar-refractivity contribution in [2.45, 2.75) is 26.2 Å². The van der Waals surface area contributed by atoms with Gasteiger partial charge in [0.05, 0.1) is 11.8 Å². The monoisotopic (exact) mass is 350 g/mol. The number of anilines is 1. The molecule has 0 bridgehead atoms. The molecule has 0 saturated carbocycles. The molecule has 3 heterocycles. The first kappa shape index (κ1) is 17.0. The van der Waals surface area contributed by atoms with Gasteiger partial charge in [0, 0.05) is 36.2 Å². The third kappa shape index (κ3) is 4.17. The molecule has 0 radical (unpaired) electrons. The van der Waals surface area contributed by atoms with Gasteiger partial charge in [0.2, 0.25) is 5.95 Å². The fourth-order valence-electron chi connectivity index (χ4n) is 2.44. The molecule has 0 saturated heterocycles. The van der Waals surface area contributed by atoms with Crippen molar-refractivity contribution in [1.29, 1.82) is 5.26 Å². The molecule has 126 valence electrons. The van der Waals surface area contributed by atoms with Crippen LogP contribution in [0.3, 0.4) is 0 Å². The number of hydrogen-bond acceptors (Lipinski definition) is 7. The highest BCUT2D eigenvalue weighted by molar-refractivity contribution is 7.09. The van der Waals surface area contributed by atoms with Crippen LogP contribution >= 0.6 is 11.3 Å². The maximum Gasteiger partial charge on any atom is 0.222 e. The van der Waals surface area contributed by atoms with E-state index < -0.39 is 5.92 Å². The molecule has 3 aromatic rings. The number of hydrogen-bond donors (Lipinski definition) is 1. The van der Waals surface area contributed by atoms with Crippen LogP contribution in [0.5, 0.6) is 0 Å². The summed E-state index contributed by atoms with van der Waals surface area (Å²) in [6.07, 6.45) is 6.18. The van der Waals surface area contributed by atoms with E-state index in [1.807, 2.05) is 37.6 Å². The number of pyridine rings is 1. The van der Waals surface area contributed by atoms with Gasteiger partial charge in [-0.3, -0.25) is 4.98 Å². The Balaban J connectivity index is 1.75. The minimum atomic E-state index is -0.472. The quantitative estimate of drug-likeness (QED) is 0.734. The minimum absolute atomic E-state index is 0.472. The molecule has 0 spiro atoms. The molecule has 1 atom stereocenters. The SMILES string of the molecule is Cc1csc(C(C#N)c2nc(NCCc3cccnc3)ncc2C)n1. The van der Waals surface area contributed by atoms with Crippen LogP contribution in [0, 0.1) is 25.2 Å². The van der Waals surface area contributed by atoms with Gasteiger partial charge < -0.3 is 5.32 Å². The van der Waals surface area contributed by atoms with E-state index >= 15 is 0 Å².